The number of nitrogens with zero attached hydrogens (tertiary/aromatic N) is 2. The zero-order valence-corrected chi connectivity index (χ0v) is 15.4. The van der Waals surface area contributed by atoms with Gasteiger partial charge in [-0.3, -0.25) is 14.5 Å². The molecule has 1 aromatic carbocycles. The highest BCUT2D eigenvalue weighted by atomic mass is 16.5. The molecule has 0 spiro atoms. The van der Waals surface area contributed by atoms with E-state index in [0.29, 0.717) is 0 Å². The molecule has 5 nitrogen and oxygen atoms in total. The molecule has 1 aromatic rings. The van der Waals surface area contributed by atoms with E-state index in [1.54, 1.807) is 6.08 Å². The van der Waals surface area contributed by atoms with Gasteiger partial charge in [0.2, 0.25) is 0 Å². The van der Waals surface area contributed by atoms with Gasteiger partial charge in [0.15, 0.2) is 5.78 Å². The SMILES string of the molecule is COC(=O)C1CCCN1CC(=O)C=C1N(C)c2ccccc2C1(C)C. The second kappa shape index (κ2) is 6.64. The number of hydrogen-bond donors (Lipinski definition) is 0. The third kappa shape index (κ3) is 3.09. The molecule has 25 heavy (non-hydrogen) atoms. The number of para-hydroxylation sites is 1. The molecule has 0 aromatic heterocycles. The standard InChI is InChI=1S/C20H26N2O3/c1-20(2)15-8-5-6-9-16(15)21(3)18(20)12-14(23)13-22-11-7-10-17(22)19(24)25-4/h5-6,8-9,12,17H,7,10-11,13H2,1-4H3. The van der Waals surface area contributed by atoms with Crippen molar-refractivity contribution in [3.8, 4) is 0 Å². The number of methoxy groups -OCH3 is 1. The van der Waals surface area contributed by atoms with Crippen molar-refractivity contribution in [3.05, 3.63) is 41.6 Å². The van der Waals surface area contributed by atoms with Crippen LogP contribution < -0.4 is 4.90 Å². The number of hydrogen-bond acceptors (Lipinski definition) is 5. The molecule has 2 aliphatic rings. The van der Waals surface area contributed by atoms with Crippen LogP contribution in [0.5, 0.6) is 0 Å². The summed E-state index contributed by atoms with van der Waals surface area (Å²) >= 11 is 0. The smallest absolute Gasteiger partial charge is 0.323 e. The van der Waals surface area contributed by atoms with E-state index in [4.69, 9.17) is 4.74 Å². The predicted octanol–water partition coefficient (Wildman–Crippen LogP) is 2.50. The van der Waals surface area contributed by atoms with Crippen LogP contribution in [0, 0.1) is 0 Å². The van der Waals surface area contributed by atoms with Gasteiger partial charge in [0, 0.05) is 29.9 Å². The molecule has 0 bridgehead atoms. The minimum atomic E-state index is -0.293. The second-order valence-electron chi connectivity index (χ2n) is 7.35. The number of likely N-dealkylation sites (N-methyl/N-ethyl adjacent to an activating group) is 1. The van der Waals surface area contributed by atoms with E-state index in [1.807, 2.05) is 24.1 Å². The van der Waals surface area contributed by atoms with Crippen LogP contribution in [0.15, 0.2) is 36.0 Å². The lowest BCUT2D eigenvalue weighted by molar-refractivity contribution is -0.146. The van der Waals surface area contributed by atoms with Gasteiger partial charge in [0.1, 0.15) is 6.04 Å². The molecule has 0 radical (unpaired) electrons. The lowest BCUT2D eigenvalue weighted by Gasteiger charge is -2.25. The van der Waals surface area contributed by atoms with Crippen molar-refractivity contribution in [2.24, 2.45) is 0 Å². The van der Waals surface area contributed by atoms with Crippen LogP contribution in [0.3, 0.4) is 0 Å². The van der Waals surface area contributed by atoms with E-state index in [0.717, 1.165) is 30.8 Å². The zero-order chi connectivity index (χ0) is 18.2. The van der Waals surface area contributed by atoms with Crippen molar-refractivity contribution in [1.29, 1.82) is 0 Å². The molecule has 1 atom stereocenters. The van der Waals surface area contributed by atoms with Gasteiger partial charge in [-0.2, -0.15) is 0 Å². The Kier molecular flexibility index (Phi) is 4.69. The normalized spacial score (nSPS) is 23.8. The Hall–Kier alpha value is -2.14. The molecule has 0 amide bonds. The fourth-order valence-corrected chi connectivity index (χ4v) is 4.08. The van der Waals surface area contributed by atoms with E-state index < -0.39 is 0 Å². The minimum absolute atomic E-state index is 0.0264. The molecular weight excluding hydrogens is 316 g/mol. The summed E-state index contributed by atoms with van der Waals surface area (Å²) in [6.45, 7) is 5.29. The third-order valence-corrected chi connectivity index (χ3v) is 5.43. The Balaban J connectivity index is 1.79. The lowest BCUT2D eigenvalue weighted by atomic mass is 9.83. The maximum absolute atomic E-state index is 12.7. The number of carbonyl (C=O) groups is 2. The van der Waals surface area contributed by atoms with Crippen LogP contribution in [0.4, 0.5) is 5.69 Å². The molecule has 1 saturated heterocycles. The molecular formula is C20H26N2O3. The van der Waals surface area contributed by atoms with Crippen LogP contribution in [-0.2, 0) is 19.7 Å². The number of likely N-dealkylation sites (tertiary alicyclic amines) is 1. The quantitative estimate of drug-likeness (QED) is 0.622. The number of rotatable bonds is 4. The fourth-order valence-electron chi connectivity index (χ4n) is 4.08. The number of fused-ring (bicyclic) bond motifs is 1. The molecule has 0 N–H and O–H groups in total. The first-order valence-corrected chi connectivity index (χ1v) is 8.76. The Morgan fingerprint density at radius 1 is 1.32 bits per heavy atom. The first kappa shape index (κ1) is 17.7. The van der Waals surface area contributed by atoms with Crippen molar-refractivity contribution in [3.63, 3.8) is 0 Å². The summed E-state index contributed by atoms with van der Waals surface area (Å²) in [7, 11) is 3.40. The van der Waals surface area contributed by atoms with Crippen molar-refractivity contribution in [2.75, 3.05) is 32.1 Å². The molecule has 0 aliphatic carbocycles. The second-order valence-corrected chi connectivity index (χ2v) is 7.35. The van der Waals surface area contributed by atoms with Gasteiger partial charge in [-0.1, -0.05) is 32.0 Å². The Morgan fingerprint density at radius 2 is 2.04 bits per heavy atom. The van der Waals surface area contributed by atoms with E-state index in [1.165, 1.54) is 12.7 Å². The predicted molar refractivity (Wildman–Crippen MR) is 97.6 cm³/mol. The van der Waals surface area contributed by atoms with Gasteiger partial charge in [0.25, 0.3) is 0 Å². The molecule has 134 valence electrons. The average Bonchev–Trinajstić information content (AvgIpc) is 3.12. The summed E-state index contributed by atoms with van der Waals surface area (Å²) in [5, 5.41) is 0. The van der Waals surface area contributed by atoms with Gasteiger partial charge in [-0.15, -0.1) is 0 Å². The molecule has 1 fully saturated rings. The number of ketones is 1. The Labute approximate surface area is 149 Å². The summed E-state index contributed by atoms with van der Waals surface area (Å²) in [6.07, 6.45) is 3.42. The van der Waals surface area contributed by atoms with E-state index >= 15 is 0 Å². The van der Waals surface area contributed by atoms with E-state index in [-0.39, 0.29) is 29.8 Å². The molecule has 3 rings (SSSR count). The topological polar surface area (TPSA) is 49.9 Å². The summed E-state index contributed by atoms with van der Waals surface area (Å²) < 4.78 is 4.86. The first-order valence-electron chi connectivity index (χ1n) is 8.76. The van der Waals surface area contributed by atoms with Crippen molar-refractivity contribution < 1.29 is 14.3 Å². The number of esters is 1. The van der Waals surface area contributed by atoms with E-state index in [2.05, 4.69) is 30.9 Å². The third-order valence-electron chi connectivity index (χ3n) is 5.43. The highest BCUT2D eigenvalue weighted by Crippen LogP contribution is 2.46. The zero-order valence-electron chi connectivity index (χ0n) is 15.4. The molecule has 2 aliphatic heterocycles. The maximum Gasteiger partial charge on any atom is 0.323 e. The highest BCUT2D eigenvalue weighted by molar-refractivity contribution is 5.94. The maximum atomic E-state index is 12.7. The number of ether oxygens (including phenoxy) is 1. The lowest BCUT2D eigenvalue weighted by Crippen LogP contribution is -2.40. The van der Waals surface area contributed by atoms with Crippen molar-refractivity contribution in [2.45, 2.75) is 38.1 Å². The van der Waals surface area contributed by atoms with Gasteiger partial charge in [-0.05, 0) is 31.0 Å². The molecule has 0 saturated carbocycles. The fraction of sp³-hybridized carbons (Fsp3) is 0.500. The largest absolute Gasteiger partial charge is 0.468 e. The average molecular weight is 342 g/mol. The Bertz CT molecular complexity index is 723. The van der Waals surface area contributed by atoms with E-state index in [9.17, 15) is 9.59 Å². The molecule has 1 unspecified atom stereocenters. The highest BCUT2D eigenvalue weighted by Gasteiger charge is 2.39. The van der Waals surface area contributed by atoms with Crippen LogP contribution in [0.1, 0.15) is 32.3 Å². The number of anilines is 1. The number of carbonyl (C=O) groups excluding carboxylic acids is 2. The van der Waals surface area contributed by atoms with Gasteiger partial charge < -0.3 is 9.64 Å². The van der Waals surface area contributed by atoms with Gasteiger partial charge in [0.05, 0.1) is 13.7 Å². The van der Waals surface area contributed by atoms with Gasteiger partial charge in [-0.25, -0.2) is 0 Å². The van der Waals surface area contributed by atoms with Crippen LogP contribution in [-0.4, -0.2) is 49.9 Å². The van der Waals surface area contributed by atoms with Crippen molar-refractivity contribution >= 4 is 17.4 Å². The molecule has 5 heteroatoms. The monoisotopic (exact) mass is 342 g/mol. The van der Waals surface area contributed by atoms with Crippen LogP contribution in [0.25, 0.3) is 0 Å². The summed E-state index contributed by atoms with van der Waals surface area (Å²) in [5.74, 6) is -0.220. The van der Waals surface area contributed by atoms with Crippen molar-refractivity contribution in [1.82, 2.24) is 4.90 Å². The summed E-state index contributed by atoms with van der Waals surface area (Å²) in [5.41, 5.74) is 3.14. The first-order chi connectivity index (χ1) is 11.9. The summed E-state index contributed by atoms with van der Waals surface area (Å²) in [4.78, 5) is 28.6. The van der Waals surface area contributed by atoms with Gasteiger partial charge >= 0.3 is 5.97 Å². The molecule has 2 heterocycles. The number of benzene rings is 1. The Morgan fingerprint density at radius 3 is 2.72 bits per heavy atom. The van der Waals surface area contributed by atoms with Crippen LogP contribution >= 0.6 is 0 Å². The van der Waals surface area contributed by atoms with Crippen LogP contribution in [0.2, 0.25) is 0 Å². The summed E-state index contributed by atoms with van der Waals surface area (Å²) in [6, 6.07) is 7.95. The number of allylic oxidation sites excluding steroid dienone is 1. The minimum Gasteiger partial charge on any atom is -0.468 e.